The van der Waals surface area contributed by atoms with Crippen LogP contribution < -0.4 is 10.6 Å². The summed E-state index contributed by atoms with van der Waals surface area (Å²) in [6, 6.07) is 1.06. The molecule has 0 aromatic carbocycles. The van der Waals surface area contributed by atoms with Gasteiger partial charge in [-0.05, 0) is 31.9 Å². The molecule has 3 fully saturated rings. The highest BCUT2D eigenvalue weighted by Gasteiger charge is 2.59. The van der Waals surface area contributed by atoms with Crippen molar-refractivity contribution in [3.05, 3.63) is 0 Å². The van der Waals surface area contributed by atoms with Crippen molar-refractivity contribution in [2.75, 3.05) is 19.9 Å². The number of ether oxygens (including phenoxy) is 1. The first-order chi connectivity index (χ1) is 10.1. The molecule has 2 saturated carbocycles. The van der Waals surface area contributed by atoms with Crippen LogP contribution in [0.2, 0.25) is 0 Å². The Morgan fingerprint density at radius 1 is 1.24 bits per heavy atom. The number of aliphatic imine (C=N–C) groups is 1. The van der Waals surface area contributed by atoms with Crippen LogP contribution in [0.5, 0.6) is 0 Å². The van der Waals surface area contributed by atoms with E-state index in [1.54, 1.807) is 0 Å². The maximum atomic E-state index is 5.87. The van der Waals surface area contributed by atoms with Crippen LogP contribution in [-0.4, -0.2) is 49.3 Å². The van der Waals surface area contributed by atoms with E-state index in [9.17, 15) is 0 Å². The van der Waals surface area contributed by atoms with E-state index in [1.807, 2.05) is 18.8 Å². The lowest BCUT2D eigenvalue weighted by molar-refractivity contribution is -0.106. The van der Waals surface area contributed by atoms with E-state index in [0.29, 0.717) is 24.1 Å². The number of guanidine groups is 1. The standard InChI is InChI=1S/C16H29N3OS/c1-16(2)13(12-7-8-20-14(12)16)19-15(17-3)18-10-5-6-11(9-10)21-4/h10-14H,5-9H2,1-4H3,(H2,17,18,19). The van der Waals surface area contributed by atoms with Gasteiger partial charge < -0.3 is 15.4 Å². The van der Waals surface area contributed by atoms with Gasteiger partial charge in [0.15, 0.2) is 5.96 Å². The van der Waals surface area contributed by atoms with Crippen molar-refractivity contribution < 1.29 is 4.74 Å². The van der Waals surface area contributed by atoms with Crippen LogP contribution in [0.4, 0.5) is 0 Å². The van der Waals surface area contributed by atoms with Gasteiger partial charge in [-0.3, -0.25) is 4.99 Å². The Morgan fingerprint density at radius 3 is 2.71 bits per heavy atom. The molecule has 2 aliphatic carbocycles. The zero-order valence-corrected chi connectivity index (χ0v) is 14.5. The second-order valence-corrected chi connectivity index (χ2v) is 8.41. The summed E-state index contributed by atoms with van der Waals surface area (Å²) in [4.78, 5) is 4.45. The molecule has 1 saturated heterocycles. The van der Waals surface area contributed by atoms with Gasteiger partial charge in [0, 0.05) is 42.3 Å². The molecule has 0 amide bonds. The van der Waals surface area contributed by atoms with Crippen molar-refractivity contribution in [2.24, 2.45) is 16.3 Å². The summed E-state index contributed by atoms with van der Waals surface area (Å²) in [6.07, 6.45) is 7.67. The van der Waals surface area contributed by atoms with Crippen molar-refractivity contribution in [1.82, 2.24) is 10.6 Å². The van der Waals surface area contributed by atoms with Gasteiger partial charge in [0.1, 0.15) is 0 Å². The van der Waals surface area contributed by atoms with E-state index in [1.165, 1.54) is 25.7 Å². The van der Waals surface area contributed by atoms with Gasteiger partial charge in [0.25, 0.3) is 0 Å². The van der Waals surface area contributed by atoms with Crippen LogP contribution in [0, 0.1) is 11.3 Å². The number of hydrogen-bond acceptors (Lipinski definition) is 3. The topological polar surface area (TPSA) is 45.7 Å². The van der Waals surface area contributed by atoms with Crippen molar-refractivity contribution >= 4 is 17.7 Å². The van der Waals surface area contributed by atoms with Crippen LogP contribution in [0.3, 0.4) is 0 Å². The van der Waals surface area contributed by atoms with Gasteiger partial charge in [-0.25, -0.2) is 0 Å². The number of nitrogens with zero attached hydrogens (tertiary/aromatic N) is 1. The van der Waals surface area contributed by atoms with Crippen molar-refractivity contribution in [1.29, 1.82) is 0 Å². The second kappa shape index (κ2) is 5.99. The highest BCUT2D eigenvalue weighted by molar-refractivity contribution is 7.99. The molecule has 3 aliphatic rings. The number of rotatable bonds is 3. The maximum absolute atomic E-state index is 5.87. The van der Waals surface area contributed by atoms with Gasteiger partial charge >= 0.3 is 0 Å². The van der Waals surface area contributed by atoms with Crippen LogP contribution in [0.1, 0.15) is 39.5 Å². The molecule has 5 unspecified atom stereocenters. The lowest BCUT2D eigenvalue weighted by Crippen LogP contribution is -2.68. The van der Waals surface area contributed by atoms with Crippen LogP contribution >= 0.6 is 11.8 Å². The molecular formula is C16H29N3OS. The third kappa shape index (κ3) is 2.79. The zero-order chi connectivity index (χ0) is 15.0. The first-order valence-corrected chi connectivity index (χ1v) is 9.49. The Kier molecular flexibility index (Phi) is 4.42. The van der Waals surface area contributed by atoms with Crippen molar-refractivity contribution in [3.63, 3.8) is 0 Å². The van der Waals surface area contributed by atoms with E-state index in [-0.39, 0.29) is 5.41 Å². The summed E-state index contributed by atoms with van der Waals surface area (Å²) in [5.74, 6) is 1.63. The highest BCUT2D eigenvalue weighted by atomic mass is 32.2. The SMILES string of the molecule is CN=C(NC1CCC(SC)C1)NC1C2CCOC2C1(C)C. The minimum absolute atomic E-state index is 0.205. The minimum atomic E-state index is 0.205. The molecule has 0 aromatic heterocycles. The fourth-order valence-corrected chi connectivity index (χ4v) is 5.21. The molecule has 120 valence electrons. The Hall–Kier alpha value is -0.420. The van der Waals surface area contributed by atoms with Gasteiger partial charge in [-0.15, -0.1) is 0 Å². The number of fused-ring (bicyclic) bond motifs is 1. The van der Waals surface area contributed by atoms with E-state index < -0.39 is 0 Å². The van der Waals surface area contributed by atoms with Gasteiger partial charge in [0.05, 0.1) is 6.10 Å². The van der Waals surface area contributed by atoms with E-state index in [2.05, 4.69) is 35.7 Å². The lowest BCUT2D eigenvalue weighted by Gasteiger charge is -2.55. The minimum Gasteiger partial charge on any atom is -0.377 e. The Morgan fingerprint density at radius 2 is 2.05 bits per heavy atom. The third-order valence-corrected chi connectivity index (χ3v) is 6.77. The average Bonchev–Trinajstić information content (AvgIpc) is 3.10. The molecule has 4 nitrogen and oxygen atoms in total. The molecule has 0 spiro atoms. The summed E-state index contributed by atoms with van der Waals surface area (Å²) < 4.78 is 5.87. The molecule has 5 heteroatoms. The van der Waals surface area contributed by atoms with Gasteiger partial charge in [-0.1, -0.05) is 13.8 Å². The third-order valence-electron chi connectivity index (χ3n) is 5.68. The fourth-order valence-electron chi connectivity index (χ4n) is 4.41. The van der Waals surface area contributed by atoms with Crippen molar-refractivity contribution in [3.8, 4) is 0 Å². The zero-order valence-electron chi connectivity index (χ0n) is 13.7. The summed E-state index contributed by atoms with van der Waals surface area (Å²) in [6.45, 7) is 5.54. The lowest BCUT2D eigenvalue weighted by atomic mass is 9.57. The van der Waals surface area contributed by atoms with Crippen LogP contribution in [0.25, 0.3) is 0 Å². The fraction of sp³-hybridized carbons (Fsp3) is 0.938. The first-order valence-electron chi connectivity index (χ1n) is 8.20. The van der Waals surface area contributed by atoms with E-state index in [0.717, 1.165) is 17.8 Å². The Bertz CT molecular complexity index is 412. The molecule has 1 aliphatic heterocycles. The predicted molar refractivity (Wildman–Crippen MR) is 90.0 cm³/mol. The average molecular weight is 311 g/mol. The van der Waals surface area contributed by atoms with Gasteiger partial charge in [-0.2, -0.15) is 11.8 Å². The van der Waals surface area contributed by atoms with Crippen LogP contribution in [-0.2, 0) is 4.74 Å². The molecule has 1 heterocycles. The van der Waals surface area contributed by atoms with Crippen molar-refractivity contribution in [2.45, 2.75) is 63.0 Å². The number of thioether (sulfide) groups is 1. The normalized spacial score (nSPS) is 41.5. The molecule has 21 heavy (non-hydrogen) atoms. The molecule has 2 N–H and O–H groups in total. The predicted octanol–water partition coefficient (Wildman–Crippen LogP) is 2.25. The molecule has 3 rings (SSSR count). The molecule has 0 bridgehead atoms. The van der Waals surface area contributed by atoms with E-state index in [4.69, 9.17) is 4.74 Å². The largest absolute Gasteiger partial charge is 0.377 e. The molecule has 0 aromatic rings. The Balaban J connectivity index is 1.56. The van der Waals surface area contributed by atoms with Crippen LogP contribution in [0.15, 0.2) is 4.99 Å². The second-order valence-electron chi connectivity index (χ2n) is 7.27. The number of nitrogens with one attached hydrogen (secondary N) is 2. The summed E-state index contributed by atoms with van der Waals surface area (Å²) in [7, 11) is 1.88. The summed E-state index contributed by atoms with van der Waals surface area (Å²) in [5, 5.41) is 8.12. The molecule has 0 radical (unpaired) electrons. The summed E-state index contributed by atoms with van der Waals surface area (Å²) >= 11 is 2.00. The maximum Gasteiger partial charge on any atom is 0.191 e. The monoisotopic (exact) mass is 311 g/mol. The highest BCUT2D eigenvalue weighted by Crippen LogP contribution is 2.52. The van der Waals surface area contributed by atoms with E-state index >= 15 is 0 Å². The number of hydrogen-bond donors (Lipinski definition) is 2. The van der Waals surface area contributed by atoms with Gasteiger partial charge in [0.2, 0.25) is 0 Å². The molecule has 5 atom stereocenters. The first kappa shape index (κ1) is 15.5. The Labute approximate surface area is 132 Å². The quantitative estimate of drug-likeness (QED) is 0.620. The summed E-state index contributed by atoms with van der Waals surface area (Å²) in [5.41, 5.74) is 0.205. The smallest absolute Gasteiger partial charge is 0.191 e. The molecular weight excluding hydrogens is 282 g/mol.